The summed E-state index contributed by atoms with van der Waals surface area (Å²) in [6.45, 7) is 1.96. The molecule has 5 aromatic rings. The van der Waals surface area contributed by atoms with Crippen molar-refractivity contribution in [2.75, 3.05) is 47.5 Å². The van der Waals surface area contributed by atoms with Crippen molar-refractivity contribution in [3.8, 4) is 0 Å². The molecule has 1 amide bonds. The van der Waals surface area contributed by atoms with E-state index in [1.165, 1.54) is 0 Å². The molecule has 0 saturated carbocycles. The molecule has 52 heavy (non-hydrogen) atoms. The predicted octanol–water partition coefficient (Wildman–Crippen LogP) is 8.44. The molecule has 2 aromatic heterocycles. The van der Waals surface area contributed by atoms with Crippen molar-refractivity contribution in [2.45, 2.75) is 37.1 Å². The smallest absolute Gasteiger partial charge is 0.333 e. The van der Waals surface area contributed by atoms with Gasteiger partial charge in [-0.1, -0.05) is 59.3 Å². The summed E-state index contributed by atoms with van der Waals surface area (Å²) in [6.07, 6.45) is 11.8. The highest BCUT2D eigenvalue weighted by molar-refractivity contribution is 8.76. The third kappa shape index (κ3) is 13.6. The predicted molar refractivity (Wildman–Crippen MR) is 218 cm³/mol. The summed E-state index contributed by atoms with van der Waals surface area (Å²) in [4.78, 5) is 23.2. The van der Waals surface area contributed by atoms with Crippen LogP contribution in [-0.2, 0) is 15.1 Å². The molecule has 0 aliphatic rings. The molecule has 0 aliphatic heterocycles. The number of carbonyl (C=O) groups excluding carboxylic acids is 1. The third-order valence-electron chi connectivity index (χ3n) is 8.08. The van der Waals surface area contributed by atoms with E-state index in [0.717, 1.165) is 82.1 Å². The molecular weight excluding hydrogens is 713 g/mol. The maximum absolute atomic E-state index is 12.4. The fraction of sp³-hybridized carbons (Fsp3) is 0.256. The second kappa shape index (κ2) is 20.6. The van der Waals surface area contributed by atoms with Crippen molar-refractivity contribution in [1.29, 1.82) is 0 Å². The van der Waals surface area contributed by atoms with Gasteiger partial charge in [0.2, 0.25) is 5.91 Å². The first-order valence-electron chi connectivity index (χ1n) is 17.3. The summed E-state index contributed by atoms with van der Waals surface area (Å²) in [5, 5.41) is 8.51. The highest BCUT2D eigenvalue weighted by Gasteiger charge is 2.10. The number of carbonyl (C=O) groups is 1. The monoisotopic (exact) mass is 756 g/mol. The van der Waals surface area contributed by atoms with Crippen LogP contribution in [0.15, 0.2) is 114 Å². The number of unbranched alkanes of at least 4 members (excludes halogenated alkanes) is 2. The second-order valence-corrected chi connectivity index (χ2v) is 15.7. The van der Waals surface area contributed by atoms with Gasteiger partial charge in [0.15, 0.2) is 0 Å². The zero-order valence-corrected chi connectivity index (χ0v) is 31.3. The molecule has 0 atom stereocenters. The van der Waals surface area contributed by atoms with Crippen molar-refractivity contribution < 1.29 is 17.8 Å². The minimum absolute atomic E-state index is 0.0178. The van der Waals surface area contributed by atoms with Crippen molar-refractivity contribution in [2.24, 2.45) is 0 Å². The number of aromatic nitrogens is 2. The van der Waals surface area contributed by atoms with Gasteiger partial charge >= 0.3 is 10.3 Å². The van der Waals surface area contributed by atoms with E-state index in [0.29, 0.717) is 19.5 Å². The molecular formula is C39H44N6O4S3. The van der Waals surface area contributed by atoms with Crippen molar-refractivity contribution in [3.63, 3.8) is 0 Å². The Morgan fingerprint density at radius 1 is 0.769 bits per heavy atom. The molecule has 2 heterocycles. The van der Waals surface area contributed by atoms with E-state index in [-0.39, 0.29) is 12.5 Å². The number of amides is 1. The van der Waals surface area contributed by atoms with E-state index in [4.69, 9.17) is 4.55 Å². The van der Waals surface area contributed by atoms with E-state index < -0.39 is 10.3 Å². The Balaban J connectivity index is 1.03. The van der Waals surface area contributed by atoms with Gasteiger partial charge in [-0.15, -0.1) is 0 Å². The van der Waals surface area contributed by atoms with Gasteiger partial charge in [-0.2, -0.15) is 13.1 Å². The Hall–Kier alpha value is -4.40. The lowest BCUT2D eigenvalue weighted by molar-refractivity contribution is -0.116. The lowest BCUT2D eigenvalue weighted by Crippen LogP contribution is -2.35. The summed E-state index contributed by atoms with van der Waals surface area (Å²) >= 11 is 0. The standard InChI is InChI=1S/C39H44N6O4S3/c46-38(11-4-8-30-50-51-39-12-3-5-25-42-39)44-34-19-17-33(18-20-34)40-24-6-7-28-45(29-27-43-52(47,48)49)35-21-14-31(15-22-35)13-16-32-23-26-41-37-10-2-1-9-36(32)37/h1-3,5,9-10,12-23,25-26,40,43H,4,6-8,11,24,27-30H2,(H,44,46)(H,47,48,49)/b16-13+. The van der Waals surface area contributed by atoms with Crippen LogP contribution in [0.3, 0.4) is 0 Å². The van der Waals surface area contributed by atoms with Crippen LogP contribution < -0.4 is 20.3 Å². The van der Waals surface area contributed by atoms with Gasteiger partial charge in [-0.3, -0.25) is 14.3 Å². The van der Waals surface area contributed by atoms with E-state index in [9.17, 15) is 13.2 Å². The van der Waals surface area contributed by atoms with Crippen molar-refractivity contribution in [1.82, 2.24) is 14.7 Å². The Morgan fingerprint density at radius 2 is 1.56 bits per heavy atom. The lowest BCUT2D eigenvalue weighted by atomic mass is 10.1. The fourth-order valence-corrected chi connectivity index (χ4v) is 7.80. The Morgan fingerprint density at radius 3 is 2.35 bits per heavy atom. The Bertz CT molecular complexity index is 1970. The number of pyridine rings is 2. The van der Waals surface area contributed by atoms with Crippen LogP contribution in [0.4, 0.5) is 17.1 Å². The van der Waals surface area contributed by atoms with Crippen LogP contribution in [-0.4, -0.2) is 60.8 Å². The summed E-state index contributed by atoms with van der Waals surface area (Å²) in [6, 6.07) is 31.8. The van der Waals surface area contributed by atoms with Gasteiger partial charge in [-0.05, 0) is 108 Å². The largest absolute Gasteiger partial charge is 0.385 e. The van der Waals surface area contributed by atoms with Crippen LogP contribution in [0.2, 0.25) is 0 Å². The van der Waals surface area contributed by atoms with E-state index in [1.807, 2.05) is 97.2 Å². The molecule has 0 unspecified atom stereocenters. The zero-order valence-electron chi connectivity index (χ0n) is 28.9. The van der Waals surface area contributed by atoms with Crippen LogP contribution in [0, 0.1) is 0 Å². The lowest BCUT2D eigenvalue weighted by Gasteiger charge is -2.25. The van der Waals surface area contributed by atoms with Gasteiger partial charge in [0, 0.05) is 73.2 Å². The quantitative estimate of drug-likeness (QED) is 0.0328. The number of para-hydroxylation sites is 1. The van der Waals surface area contributed by atoms with Gasteiger partial charge in [-0.25, -0.2) is 4.98 Å². The SMILES string of the molecule is O=C(CCCCSSc1ccccn1)Nc1ccc(NCCCCN(CCNS(=O)(=O)O)c2ccc(/C=C/c3ccnc4ccccc34)cc2)cc1. The summed E-state index contributed by atoms with van der Waals surface area (Å²) < 4.78 is 33.9. The van der Waals surface area contributed by atoms with Gasteiger partial charge in [0.1, 0.15) is 5.03 Å². The van der Waals surface area contributed by atoms with E-state index in [2.05, 4.69) is 48.4 Å². The molecule has 0 saturated heterocycles. The van der Waals surface area contributed by atoms with Crippen LogP contribution in [0.1, 0.15) is 43.2 Å². The number of anilines is 3. The second-order valence-electron chi connectivity index (χ2n) is 12.0. The molecule has 10 nitrogen and oxygen atoms in total. The minimum Gasteiger partial charge on any atom is -0.385 e. The van der Waals surface area contributed by atoms with Gasteiger partial charge in [0.25, 0.3) is 0 Å². The first-order valence-corrected chi connectivity index (χ1v) is 21.0. The van der Waals surface area contributed by atoms with Crippen LogP contribution in [0.5, 0.6) is 0 Å². The van der Waals surface area contributed by atoms with E-state index in [1.54, 1.807) is 27.8 Å². The van der Waals surface area contributed by atoms with E-state index >= 15 is 0 Å². The molecule has 0 fully saturated rings. The molecule has 4 N–H and O–H groups in total. The van der Waals surface area contributed by atoms with Crippen molar-refractivity contribution >= 4 is 77.9 Å². The zero-order chi connectivity index (χ0) is 36.4. The molecule has 5 rings (SSSR count). The first kappa shape index (κ1) is 38.8. The number of nitrogens with zero attached hydrogens (tertiary/aromatic N) is 3. The van der Waals surface area contributed by atoms with Crippen molar-refractivity contribution in [3.05, 3.63) is 121 Å². The average molecular weight is 757 g/mol. The minimum atomic E-state index is -4.27. The Labute approximate surface area is 314 Å². The molecule has 0 spiro atoms. The number of fused-ring (bicyclic) bond motifs is 1. The molecule has 0 aliphatic carbocycles. The first-order chi connectivity index (χ1) is 25.3. The van der Waals surface area contributed by atoms with Crippen LogP contribution >= 0.6 is 21.6 Å². The summed E-state index contributed by atoms with van der Waals surface area (Å²) in [7, 11) is -0.852. The normalized spacial score (nSPS) is 11.6. The van der Waals surface area contributed by atoms with Gasteiger partial charge < -0.3 is 15.5 Å². The number of hydrogen-bond acceptors (Lipinski definition) is 9. The summed E-state index contributed by atoms with van der Waals surface area (Å²) in [5.74, 6) is 0.985. The van der Waals surface area contributed by atoms with Gasteiger partial charge in [0.05, 0.1) is 5.52 Å². The Kier molecular flexibility index (Phi) is 15.4. The maximum atomic E-state index is 12.4. The maximum Gasteiger partial charge on any atom is 0.333 e. The highest BCUT2D eigenvalue weighted by atomic mass is 33.1. The molecule has 13 heteroatoms. The third-order valence-corrected chi connectivity index (χ3v) is 11.0. The number of rotatable bonds is 21. The number of nitrogens with one attached hydrogen (secondary N) is 3. The molecule has 0 bridgehead atoms. The molecule has 3 aromatic carbocycles. The highest BCUT2D eigenvalue weighted by Crippen LogP contribution is 2.30. The summed E-state index contributed by atoms with van der Waals surface area (Å²) in [5.41, 5.74) is 5.79. The topological polar surface area (TPSA) is 137 Å². The number of hydrogen-bond donors (Lipinski definition) is 4. The molecule has 272 valence electrons. The fourth-order valence-electron chi connectivity index (χ4n) is 5.43. The number of benzene rings is 3. The van der Waals surface area contributed by atoms with Crippen LogP contribution in [0.25, 0.3) is 23.1 Å². The average Bonchev–Trinajstić information content (AvgIpc) is 3.15. The molecule has 0 radical (unpaired) electrons.